The molecule has 10 rings (SSSR count). The predicted octanol–water partition coefficient (Wildman–Crippen LogP) is 15.3. The topological polar surface area (TPSA) is 3.24 Å². The van der Waals surface area contributed by atoms with Crippen molar-refractivity contribution in [1.82, 2.24) is 0 Å². The van der Waals surface area contributed by atoms with E-state index in [1.165, 1.54) is 75.5 Å². The van der Waals surface area contributed by atoms with Crippen molar-refractivity contribution >= 4 is 59.3 Å². The Balaban J connectivity index is 1.10. The Hall–Kier alpha value is -6.74. The lowest BCUT2D eigenvalue weighted by atomic mass is 9.89. The minimum Gasteiger partial charge on any atom is -0.311 e. The molecular formula is C52H35NS. The van der Waals surface area contributed by atoms with Gasteiger partial charge in [0.05, 0.1) is 0 Å². The molecule has 0 amide bonds. The van der Waals surface area contributed by atoms with E-state index in [2.05, 4.69) is 217 Å². The molecule has 1 aromatic heterocycles. The van der Waals surface area contributed by atoms with Gasteiger partial charge in [0.25, 0.3) is 0 Å². The molecule has 0 aliphatic rings. The van der Waals surface area contributed by atoms with Gasteiger partial charge in [-0.2, -0.15) is 0 Å². The Morgan fingerprint density at radius 1 is 0.315 bits per heavy atom. The van der Waals surface area contributed by atoms with Crippen LogP contribution >= 0.6 is 11.3 Å². The van der Waals surface area contributed by atoms with E-state index in [1.807, 2.05) is 11.3 Å². The molecule has 0 saturated carbocycles. The summed E-state index contributed by atoms with van der Waals surface area (Å²) in [4.78, 5) is 2.35. The van der Waals surface area contributed by atoms with Gasteiger partial charge in [0.15, 0.2) is 0 Å². The SMILES string of the molecule is c1ccc(-c2ccc(N(c3ccc(-c4ccccc4)cc3)c3ccc(-c4ccc5sc6ccccc6c5c4-c4ccc5ccccc5c4)cc3)cc2)cc1. The second kappa shape index (κ2) is 13.7. The van der Waals surface area contributed by atoms with Gasteiger partial charge in [-0.3, -0.25) is 0 Å². The minimum atomic E-state index is 1.10. The molecule has 1 nitrogen and oxygen atoms in total. The van der Waals surface area contributed by atoms with Crippen molar-refractivity contribution in [2.24, 2.45) is 0 Å². The van der Waals surface area contributed by atoms with Gasteiger partial charge in [0.2, 0.25) is 0 Å². The number of hydrogen-bond acceptors (Lipinski definition) is 2. The lowest BCUT2D eigenvalue weighted by Crippen LogP contribution is -2.09. The van der Waals surface area contributed by atoms with Gasteiger partial charge < -0.3 is 4.90 Å². The Morgan fingerprint density at radius 2 is 0.796 bits per heavy atom. The third kappa shape index (κ3) is 5.84. The van der Waals surface area contributed by atoms with E-state index < -0.39 is 0 Å². The monoisotopic (exact) mass is 705 g/mol. The average Bonchev–Trinajstić information content (AvgIpc) is 3.64. The summed E-state index contributed by atoms with van der Waals surface area (Å²) in [5.41, 5.74) is 13.1. The molecule has 0 bridgehead atoms. The largest absolute Gasteiger partial charge is 0.311 e. The van der Waals surface area contributed by atoms with Gasteiger partial charge in [0, 0.05) is 37.2 Å². The van der Waals surface area contributed by atoms with Gasteiger partial charge >= 0.3 is 0 Å². The molecule has 254 valence electrons. The quantitative estimate of drug-likeness (QED) is 0.160. The zero-order valence-electron chi connectivity index (χ0n) is 29.6. The van der Waals surface area contributed by atoms with Crippen LogP contribution in [-0.2, 0) is 0 Å². The van der Waals surface area contributed by atoms with Gasteiger partial charge in [-0.05, 0) is 110 Å². The van der Waals surface area contributed by atoms with Crippen molar-refractivity contribution in [3.8, 4) is 44.5 Å². The highest BCUT2D eigenvalue weighted by Crippen LogP contribution is 2.46. The lowest BCUT2D eigenvalue weighted by molar-refractivity contribution is 1.28. The van der Waals surface area contributed by atoms with Crippen molar-refractivity contribution in [1.29, 1.82) is 0 Å². The molecule has 0 spiro atoms. The molecule has 0 radical (unpaired) electrons. The number of benzene rings is 9. The van der Waals surface area contributed by atoms with Crippen LogP contribution < -0.4 is 4.90 Å². The number of fused-ring (bicyclic) bond motifs is 4. The second-order valence-corrected chi connectivity index (χ2v) is 14.8. The van der Waals surface area contributed by atoms with E-state index in [1.54, 1.807) is 0 Å². The zero-order valence-corrected chi connectivity index (χ0v) is 30.4. The van der Waals surface area contributed by atoms with Crippen LogP contribution in [0.15, 0.2) is 212 Å². The summed E-state index contributed by atoms with van der Waals surface area (Å²) in [6, 6.07) is 77.1. The first kappa shape index (κ1) is 32.0. The van der Waals surface area contributed by atoms with Crippen molar-refractivity contribution in [2.45, 2.75) is 0 Å². The standard InChI is InChI=1S/C52H35NS/c1-3-11-36(12-4-1)39-21-27-44(28-22-39)53(45-29-23-40(24-30-45)37-13-5-2-6-14-37)46-31-25-41(26-32-46)47-33-34-50-52(48-17-9-10-18-49(48)54-50)51(47)43-20-19-38-15-7-8-16-42(38)35-43/h1-35H. The molecule has 54 heavy (non-hydrogen) atoms. The summed E-state index contributed by atoms with van der Waals surface area (Å²) < 4.78 is 2.62. The van der Waals surface area contributed by atoms with Crippen molar-refractivity contribution in [3.05, 3.63) is 212 Å². The molecular weight excluding hydrogens is 671 g/mol. The number of rotatable bonds is 7. The molecule has 0 atom stereocenters. The van der Waals surface area contributed by atoms with Gasteiger partial charge in [-0.1, -0.05) is 158 Å². The van der Waals surface area contributed by atoms with Crippen LogP contribution in [0.4, 0.5) is 17.1 Å². The molecule has 1 heterocycles. The van der Waals surface area contributed by atoms with Crippen molar-refractivity contribution in [3.63, 3.8) is 0 Å². The molecule has 0 fully saturated rings. The van der Waals surface area contributed by atoms with Crippen LogP contribution in [0, 0.1) is 0 Å². The highest BCUT2D eigenvalue weighted by Gasteiger charge is 2.18. The van der Waals surface area contributed by atoms with Crippen LogP contribution in [0.3, 0.4) is 0 Å². The molecule has 0 N–H and O–H groups in total. The zero-order chi connectivity index (χ0) is 35.8. The summed E-state index contributed by atoms with van der Waals surface area (Å²) >= 11 is 1.87. The molecule has 0 aliphatic carbocycles. The Bertz CT molecular complexity index is 2810. The van der Waals surface area contributed by atoms with Gasteiger partial charge in [-0.15, -0.1) is 11.3 Å². The first-order valence-electron chi connectivity index (χ1n) is 18.4. The molecule has 0 saturated heterocycles. The van der Waals surface area contributed by atoms with Crippen LogP contribution in [0.2, 0.25) is 0 Å². The Morgan fingerprint density at radius 3 is 1.41 bits per heavy atom. The summed E-state index contributed by atoms with van der Waals surface area (Å²) in [6.45, 7) is 0. The maximum Gasteiger partial charge on any atom is 0.0462 e. The summed E-state index contributed by atoms with van der Waals surface area (Å²) in [5.74, 6) is 0. The van der Waals surface area contributed by atoms with E-state index in [0.29, 0.717) is 0 Å². The minimum absolute atomic E-state index is 1.10. The summed E-state index contributed by atoms with van der Waals surface area (Å²) in [6.07, 6.45) is 0. The van der Waals surface area contributed by atoms with Crippen molar-refractivity contribution in [2.75, 3.05) is 4.90 Å². The van der Waals surface area contributed by atoms with E-state index >= 15 is 0 Å². The molecule has 2 heteroatoms. The fraction of sp³-hybridized carbons (Fsp3) is 0. The third-order valence-electron chi connectivity index (χ3n) is 10.5. The molecule has 0 aliphatic heterocycles. The maximum absolute atomic E-state index is 2.36. The van der Waals surface area contributed by atoms with Crippen LogP contribution in [-0.4, -0.2) is 0 Å². The summed E-state index contributed by atoms with van der Waals surface area (Å²) in [7, 11) is 0. The highest BCUT2D eigenvalue weighted by atomic mass is 32.1. The van der Waals surface area contributed by atoms with E-state index in [4.69, 9.17) is 0 Å². The number of thiophene rings is 1. The van der Waals surface area contributed by atoms with E-state index in [0.717, 1.165) is 17.1 Å². The third-order valence-corrected chi connectivity index (χ3v) is 11.6. The number of hydrogen-bond donors (Lipinski definition) is 0. The normalized spacial score (nSPS) is 11.3. The number of nitrogens with zero attached hydrogens (tertiary/aromatic N) is 1. The molecule has 0 unspecified atom stereocenters. The maximum atomic E-state index is 2.36. The highest BCUT2D eigenvalue weighted by molar-refractivity contribution is 7.26. The van der Waals surface area contributed by atoms with E-state index in [-0.39, 0.29) is 0 Å². The van der Waals surface area contributed by atoms with Crippen LogP contribution in [0.1, 0.15) is 0 Å². The van der Waals surface area contributed by atoms with Gasteiger partial charge in [0.1, 0.15) is 0 Å². The Kier molecular flexibility index (Phi) is 8.09. The van der Waals surface area contributed by atoms with Crippen molar-refractivity contribution < 1.29 is 0 Å². The first-order chi connectivity index (χ1) is 26.8. The molecule has 10 aromatic rings. The smallest absolute Gasteiger partial charge is 0.0462 e. The second-order valence-electron chi connectivity index (χ2n) is 13.7. The van der Waals surface area contributed by atoms with E-state index in [9.17, 15) is 0 Å². The van der Waals surface area contributed by atoms with Gasteiger partial charge in [-0.25, -0.2) is 0 Å². The fourth-order valence-electron chi connectivity index (χ4n) is 7.81. The molecule has 9 aromatic carbocycles. The Labute approximate surface area is 319 Å². The lowest BCUT2D eigenvalue weighted by Gasteiger charge is -2.26. The van der Waals surface area contributed by atoms with Crippen LogP contribution in [0.5, 0.6) is 0 Å². The average molecular weight is 706 g/mol. The summed E-state index contributed by atoms with van der Waals surface area (Å²) in [5, 5.41) is 5.14. The fourth-order valence-corrected chi connectivity index (χ4v) is 8.92. The number of anilines is 3. The first-order valence-corrected chi connectivity index (χ1v) is 19.2. The van der Waals surface area contributed by atoms with Crippen LogP contribution in [0.25, 0.3) is 75.5 Å². The predicted molar refractivity (Wildman–Crippen MR) is 233 cm³/mol.